The summed E-state index contributed by atoms with van der Waals surface area (Å²) >= 11 is 1.11. The number of ether oxygens (including phenoxy) is 2. The molecule has 3 aliphatic rings. The average Bonchev–Trinajstić information content (AvgIpc) is 3.35. The maximum atomic E-state index is 13.1. The molecular formula is C33H30N4O13S. The molecule has 0 aromatic heterocycles. The highest BCUT2D eigenvalue weighted by molar-refractivity contribution is 8.00. The Bertz CT molecular complexity index is 1860. The van der Waals surface area contributed by atoms with Gasteiger partial charge in [0.1, 0.15) is 29.8 Å². The molecule has 0 radical (unpaired) electrons. The van der Waals surface area contributed by atoms with Crippen LogP contribution in [0.5, 0.6) is 0 Å². The number of nitrogens with zero attached hydrogens (tertiary/aromatic N) is 2. The Morgan fingerprint density at radius 1 is 0.922 bits per heavy atom. The maximum absolute atomic E-state index is 13.1. The van der Waals surface area contributed by atoms with Gasteiger partial charge in [-0.15, -0.1) is 11.8 Å². The molecule has 1 fully saturated rings. The first-order chi connectivity index (χ1) is 24.3. The molecule has 1 unspecified atom stereocenters. The molecule has 0 spiro atoms. The normalized spacial score (nSPS) is 18.3. The predicted octanol–water partition coefficient (Wildman–Crippen LogP) is 1.39. The number of hydrogen-bond donors (Lipinski definition) is 4. The highest BCUT2D eigenvalue weighted by Crippen LogP contribution is 2.40. The molecule has 17 nitrogen and oxygen atoms in total. The number of imide groups is 2. The lowest BCUT2D eigenvalue weighted by molar-refractivity contribution is -0.150. The van der Waals surface area contributed by atoms with E-state index in [0.29, 0.717) is 4.90 Å². The van der Waals surface area contributed by atoms with Crippen LogP contribution >= 0.6 is 11.8 Å². The van der Waals surface area contributed by atoms with Crippen molar-refractivity contribution < 1.29 is 62.8 Å². The van der Waals surface area contributed by atoms with Crippen molar-refractivity contribution in [1.82, 2.24) is 20.4 Å². The van der Waals surface area contributed by atoms with Gasteiger partial charge in [0.25, 0.3) is 23.6 Å². The van der Waals surface area contributed by atoms with Gasteiger partial charge in [0.05, 0.1) is 28.9 Å². The number of carbonyl (C=O) groups excluding carboxylic acids is 7. The van der Waals surface area contributed by atoms with Gasteiger partial charge < -0.3 is 25.0 Å². The van der Waals surface area contributed by atoms with Crippen LogP contribution in [0.4, 0.5) is 4.79 Å². The summed E-state index contributed by atoms with van der Waals surface area (Å²) in [5.74, 6) is -7.69. The third-order valence-electron chi connectivity index (χ3n) is 8.13. The van der Waals surface area contributed by atoms with Gasteiger partial charge >= 0.3 is 24.0 Å². The molecule has 1 saturated heterocycles. The van der Waals surface area contributed by atoms with E-state index in [2.05, 4.69) is 10.1 Å². The first-order valence-electron chi connectivity index (χ1n) is 15.5. The molecule has 18 heteroatoms. The van der Waals surface area contributed by atoms with Gasteiger partial charge in [0.2, 0.25) is 5.91 Å². The summed E-state index contributed by atoms with van der Waals surface area (Å²) in [5.41, 5.74) is -0.582. The summed E-state index contributed by atoms with van der Waals surface area (Å²) in [4.78, 5) is 114. The molecule has 4 N–H and O–H groups in total. The molecule has 3 aliphatic heterocycles. The second-order valence-corrected chi connectivity index (χ2v) is 12.4. The lowest BCUT2D eigenvalue weighted by Gasteiger charge is -2.49. The number of β-lactam (4-membered cyclic amide) rings is 1. The summed E-state index contributed by atoms with van der Waals surface area (Å²) in [6, 6.07) is 8.78. The van der Waals surface area contributed by atoms with Crippen molar-refractivity contribution in [3.63, 3.8) is 0 Å². The van der Waals surface area contributed by atoms with Crippen molar-refractivity contribution in [2.75, 3.05) is 19.0 Å². The summed E-state index contributed by atoms with van der Waals surface area (Å²) in [6.45, 7) is 0.999. The van der Waals surface area contributed by atoms with E-state index in [0.717, 1.165) is 16.7 Å². The Hall–Kier alpha value is -6.04. The van der Waals surface area contributed by atoms with Crippen LogP contribution in [0.3, 0.4) is 0 Å². The SMILES string of the molecule is CCOC(=O)NC(=O)c1ccccc1C(=O)OCC1=C(C(=O)O)N2C(=O)[C@@H](NC(=O)CCCC(C(=O)O)N3C(=O)c4ccccc4C3=O)[C@@H]2SC1. The van der Waals surface area contributed by atoms with Crippen LogP contribution in [0.15, 0.2) is 59.8 Å². The zero-order chi connectivity index (χ0) is 37.0. The van der Waals surface area contributed by atoms with Crippen molar-refractivity contribution >= 4 is 65.3 Å². The maximum Gasteiger partial charge on any atom is 0.414 e. The minimum Gasteiger partial charge on any atom is -0.480 e. The number of nitrogens with one attached hydrogen (secondary N) is 2. The number of carboxylic acids is 2. The monoisotopic (exact) mass is 722 g/mol. The third kappa shape index (κ3) is 7.30. The van der Waals surface area contributed by atoms with Crippen LogP contribution in [0, 0.1) is 0 Å². The summed E-state index contributed by atoms with van der Waals surface area (Å²) < 4.78 is 9.99. The van der Waals surface area contributed by atoms with Crippen molar-refractivity contribution in [3.8, 4) is 0 Å². The average molecular weight is 723 g/mol. The molecule has 0 saturated carbocycles. The number of carboxylic acid groups (broad SMARTS) is 2. The number of thioether (sulfide) groups is 1. The van der Waals surface area contributed by atoms with Gasteiger partial charge in [0, 0.05) is 17.7 Å². The molecule has 2 aromatic carbocycles. The van der Waals surface area contributed by atoms with E-state index in [4.69, 9.17) is 4.74 Å². The minimum absolute atomic E-state index is 0.00128. The number of aliphatic carboxylic acids is 2. The molecule has 0 aliphatic carbocycles. The fourth-order valence-corrected chi connectivity index (χ4v) is 7.09. The highest BCUT2D eigenvalue weighted by Gasteiger charge is 2.54. The molecule has 2 aromatic rings. The lowest BCUT2D eigenvalue weighted by atomic mass is 10.0. The van der Waals surface area contributed by atoms with Gasteiger partial charge in [-0.1, -0.05) is 24.3 Å². The van der Waals surface area contributed by atoms with Gasteiger partial charge in [-0.05, 0) is 44.0 Å². The second kappa shape index (κ2) is 15.2. The quantitative estimate of drug-likeness (QED) is 0.130. The Morgan fingerprint density at radius 3 is 2.16 bits per heavy atom. The van der Waals surface area contributed by atoms with E-state index < -0.39 is 83.3 Å². The number of carbonyl (C=O) groups is 9. The molecule has 3 heterocycles. The number of hydrogen-bond acceptors (Lipinski definition) is 12. The zero-order valence-electron chi connectivity index (χ0n) is 26.8. The van der Waals surface area contributed by atoms with Crippen molar-refractivity contribution in [3.05, 3.63) is 82.1 Å². The molecule has 0 bridgehead atoms. The van der Waals surface area contributed by atoms with Crippen molar-refractivity contribution in [1.29, 1.82) is 0 Å². The van der Waals surface area contributed by atoms with E-state index in [1.807, 2.05) is 5.32 Å². The molecule has 6 amide bonds. The van der Waals surface area contributed by atoms with E-state index in [9.17, 15) is 53.4 Å². The van der Waals surface area contributed by atoms with E-state index in [1.165, 1.54) is 36.4 Å². The molecule has 266 valence electrons. The number of fused-ring (bicyclic) bond motifs is 2. The number of esters is 1. The Morgan fingerprint density at radius 2 is 1.55 bits per heavy atom. The van der Waals surface area contributed by atoms with E-state index in [1.54, 1.807) is 19.1 Å². The first kappa shape index (κ1) is 36.2. The van der Waals surface area contributed by atoms with Crippen LogP contribution in [0.2, 0.25) is 0 Å². The van der Waals surface area contributed by atoms with Crippen LogP contribution in [-0.2, 0) is 28.7 Å². The Balaban J connectivity index is 1.17. The summed E-state index contributed by atoms with van der Waals surface area (Å²) in [6.07, 6.45) is -1.56. The lowest BCUT2D eigenvalue weighted by Crippen LogP contribution is -2.70. The minimum atomic E-state index is -1.52. The van der Waals surface area contributed by atoms with Crippen LogP contribution in [0.25, 0.3) is 0 Å². The van der Waals surface area contributed by atoms with E-state index >= 15 is 0 Å². The molecule has 5 rings (SSSR count). The standard InChI is InChI=1S/C33H30N4O13S/c1-2-49-33(48)35-25(39)17-8-3-6-11-20(17)32(47)50-14-16-15-51-29-23(28(42)37(29)24(16)31(45)46)34-22(38)13-7-12-21(30(43)44)36-26(40)18-9-4-5-10-19(18)27(36)41/h3-6,8-11,21,23,29H,2,7,12-15H2,1H3,(H,34,38)(H,43,44)(H,45,46)(H,35,39,48)/t21?,23-,29+/m1/s1. The van der Waals surface area contributed by atoms with Gasteiger partial charge in [-0.25, -0.2) is 19.2 Å². The Labute approximate surface area is 292 Å². The number of benzene rings is 2. The van der Waals surface area contributed by atoms with Crippen molar-refractivity contribution in [2.45, 2.75) is 43.6 Å². The van der Waals surface area contributed by atoms with Crippen LogP contribution in [0.1, 0.15) is 67.6 Å². The zero-order valence-corrected chi connectivity index (χ0v) is 27.6. The number of rotatable bonds is 13. The van der Waals surface area contributed by atoms with Crippen LogP contribution < -0.4 is 10.6 Å². The van der Waals surface area contributed by atoms with E-state index in [-0.39, 0.29) is 59.4 Å². The van der Waals surface area contributed by atoms with Gasteiger partial charge in [-0.3, -0.25) is 39.1 Å². The third-order valence-corrected chi connectivity index (χ3v) is 9.47. The largest absolute Gasteiger partial charge is 0.480 e. The smallest absolute Gasteiger partial charge is 0.414 e. The number of amides is 6. The Kier molecular flexibility index (Phi) is 10.8. The first-order valence-corrected chi connectivity index (χ1v) is 16.5. The molecule has 3 atom stereocenters. The summed E-state index contributed by atoms with van der Waals surface area (Å²) in [5, 5.41) is 23.4. The van der Waals surface area contributed by atoms with Gasteiger partial charge in [0.15, 0.2) is 0 Å². The predicted molar refractivity (Wildman–Crippen MR) is 173 cm³/mol. The van der Waals surface area contributed by atoms with Crippen molar-refractivity contribution in [2.24, 2.45) is 0 Å². The summed E-state index contributed by atoms with van der Waals surface area (Å²) in [7, 11) is 0. The second-order valence-electron chi connectivity index (χ2n) is 11.3. The highest BCUT2D eigenvalue weighted by atomic mass is 32.2. The fourth-order valence-electron chi connectivity index (χ4n) is 5.77. The van der Waals surface area contributed by atoms with Gasteiger partial charge in [-0.2, -0.15) is 0 Å². The molecule has 51 heavy (non-hydrogen) atoms. The van der Waals surface area contributed by atoms with Crippen LogP contribution in [-0.4, -0.2) is 110 Å². The topological polar surface area (TPSA) is 243 Å². The molecular weight excluding hydrogens is 692 g/mol. The number of alkyl carbamates (subject to hydrolysis) is 1. The fraction of sp³-hybridized carbons (Fsp3) is 0.303.